The molecule has 51 heavy (non-hydrogen) atoms. The molecule has 0 radical (unpaired) electrons. The largest absolute Gasteiger partial charge is 0.493 e. The molecule has 13 heteroatoms. The van der Waals surface area contributed by atoms with Crippen LogP contribution in [0.2, 0.25) is 0 Å². The predicted octanol–water partition coefficient (Wildman–Crippen LogP) is 2.71. The van der Waals surface area contributed by atoms with Crippen molar-refractivity contribution in [2.75, 3.05) is 86.0 Å². The molecule has 3 aliphatic heterocycles. The van der Waals surface area contributed by atoms with Crippen LogP contribution in [0.25, 0.3) is 0 Å². The lowest BCUT2D eigenvalue weighted by molar-refractivity contribution is -0.129. The van der Waals surface area contributed by atoms with E-state index in [1.165, 1.54) is 50.7 Å². The van der Waals surface area contributed by atoms with Gasteiger partial charge in [0.05, 0.1) is 45.0 Å². The number of nitrogens with zero attached hydrogens (tertiary/aromatic N) is 3. The smallest absolute Gasteiger partial charge is 0.227 e. The topological polar surface area (TPSA) is 130 Å². The fraction of sp³-hybridized carbons (Fsp3) is 0.816. The number of likely N-dealkylation sites (tertiary alicyclic amines) is 2. The highest BCUT2D eigenvalue weighted by Crippen LogP contribution is 2.30. The van der Waals surface area contributed by atoms with Crippen LogP contribution in [0.15, 0.2) is 12.1 Å². The highest BCUT2D eigenvalue weighted by atomic mass is 19.1. The third-order valence-corrected chi connectivity index (χ3v) is 11.8. The maximum atomic E-state index is 15.0. The number of halogens is 2. The summed E-state index contributed by atoms with van der Waals surface area (Å²) in [7, 11) is 1.80. The molecule has 0 bridgehead atoms. The summed E-state index contributed by atoms with van der Waals surface area (Å²) in [6, 6.07) is 2.98. The van der Waals surface area contributed by atoms with E-state index in [0.717, 1.165) is 58.5 Å². The van der Waals surface area contributed by atoms with Crippen molar-refractivity contribution in [3.63, 3.8) is 0 Å². The normalized spacial score (nSPS) is 25.0. The van der Waals surface area contributed by atoms with Gasteiger partial charge in [0.15, 0.2) is 0 Å². The molecule has 4 aliphatic rings. The summed E-state index contributed by atoms with van der Waals surface area (Å²) in [5.74, 6) is -0.649. The van der Waals surface area contributed by atoms with Crippen LogP contribution in [-0.2, 0) is 16.0 Å². The van der Waals surface area contributed by atoms with Gasteiger partial charge in [-0.25, -0.2) is 8.78 Å². The van der Waals surface area contributed by atoms with Crippen LogP contribution >= 0.6 is 0 Å². The number of hydrogen-bond donors (Lipinski definition) is 5. The first-order valence-corrected chi connectivity index (χ1v) is 19.5. The third kappa shape index (κ3) is 11.0. The zero-order valence-electron chi connectivity index (χ0n) is 30.7. The molecule has 4 fully saturated rings. The van der Waals surface area contributed by atoms with Gasteiger partial charge < -0.3 is 35.0 Å². The molecule has 290 valence electrons. The van der Waals surface area contributed by atoms with Crippen LogP contribution in [0.4, 0.5) is 8.78 Å². The standard InChI is InChI=1S/C38H63F2N5O6/c1-50-24-30-20-41-37(45(23-30)31-8-4-2-3-5-9-31)43-13-10-28(11-14-43)7-6-16-51-32-17-34(39)33(35(40)18-32)19-36(49)44-15-12-29(22-44)21-42-38(25-46,26-47)27-48/h17-18,28-31,37,41-42,46-48H,2-16,19-27H2,1H3/t29-,30?,37?/m0/s1. The number of methoxy groups -OCH3 is 1. The van der Waals surface area contributed by atoms with Gasteiger partial charge in [-0.15, -0.1) is 0 Å². The number of benzene rings is 1. The van der Waals surface area contributed by atoms with Gasteiger partial charge in [0.1, 0.15) is 23.7 Å². The molecular formula is C38H63F2N5O6. The molecule has 0 aromatic heterocycles. The summed E-state index contributed by atoms with van der Waals surface area (Å²) in [5.41, 5.74) is -1.46. The van der Waals surface area contributed by atoms with Crippen molar-refractivity contribution >= 4 is 5.91 Å². The van der Waals surface area contributed by atoms with Crippen LogP contribution in [0.3, 0.4) is 0 Å². The second kappa shape index (κ2) is 19.9. The second-order valence-corrected chi connectivity index (χ2v) is 15.6. The van der Waals surface area contributed by atoms with Gasteiger partial charge in [-0.3, -0.25) is 19.9 Å². The summed E-state index contributed by atoms with van der Waals surface area (Å²) in [6.45, 7) is 5.31. The molecule has 1 saturated carbocycles. The van der Waals surface area contributed by atoms with Gasteiger partial charge in [0.2, 0.25) is 5.91 Å². The quantitative estimate of drug-likeness (QED) is 0.121. The molecule has 1 aliphatic carbocycles. The Bertz CT molecular complexity index is 1180. The summed E-state index contributed by atoms with van der Waals surface area (Å²) >= 11 is 0. The number of aliphatic hydroxyl groups is 3. The van der Waals surface area contributed by atoms with E-state index in [0.29, 0.717) is 56.8 Å². The van der Waals surface area contributed by atoms with Crippen LogP contribution < -0.4 is 15.4 Å². The van der Waals surface area contributed by atoms with Crippen molar-refractivity contribution < 1.29 is 38.4 Å². The molecular weight excluding hydrogens is 660 g/mol. The van der Waals surface area contributed by atoms with E-state index in [9.17, 15) is 20.1 Å². The van der Waals surface area contributed by atoms with Crippen LogP contribution in [0, 0.1) is 29.4 Å². The SMILES string of the molecule is COCC1CNC(N2CCC(CCCOc3cc(F)c(CC(=O)N4CC[C@@H](CNC(CO)(CO)CO)C4)c(F)c3)CC2)N(C2CCCCCC2)C1. The van der Waals surface area contributed by atoms with Crippen LogP contribution in [-0.4, -0.2) is 140 Å². The first kappa shape index (κ1) is 40.2. The van der Waals surface area contributed by atoms with E-state index in [-0.39, 0.29) is 29.6 Å². The van der Waals surface area contributed by atoms with E-state index in [1.807, 2.05) is 0 Å². The summed E-state index contributed by atoms with van der Waals surface area (Å²) in [5, 5.41) is 35.4. The van der Waals surface area contributed by atoms with Crippen molar-refractivity contribution in [2.45, 2.75) is 94.9 Å². The molecule has 1 aromatic carbocycles. The first-order valence-electron chi connectivity index (χ1n) is 19.5. The average molecular weight is 724 g/mol. The second-order valence-electron chi connectivity index (χ2n) is 15.6. The zero-order valence-corrected chi connectivity index (χ0v) is 30.7. The van der Waals surface area contributed by atoms with E-state index < -0.39 is 37.0 Å². The first-order chi connectivity index (χ1) is 24.8. The van der Waals surface area contributed by atoms with Crippen LogP contribution in [0.1, 0.15) is 76.2 Å². The van der Waals surface area contributed by atoms with Gasteiger partial charge in [0, 0.05) is 82.6 Å². The Morgan fingerprint density at radius 1 is 0.922 bits per heavy atom. The average Bonchev–Trinajstić information content (AvgIpc) is 3.46. The van der Waals surface area contributed by atoms with Crippen molar-refractivity contribution in [3.8, 4) is 5.75 Å². The minimum absolute atomic E-state index is 0.0283. The number of rotatable bonds is 17. The Hall–Kier alpha value is -1.97. The highest BCUT2D eigenvalue weighted by Gasteiger charge is 2.38. The Labute approximate surface area is 303 Å². The molecule has 5 N–H and O–H groups in total. The Morgan fingerprint density at radius 3 is 2.24 bits per heavy atom. The van der Waals surface area contributed by atoms with Gasteiger partial charge in [-0.05, 0) is 56.8 Å². The Kier molecular flexibility index (Phi) is 15.7. The predicted molar refractivity (Wildman–Crippen MR) is 191 cm³/mol. The monoisotopic (exact) mass is 723 g/mol. The lowest BCUT2D eigenvalue weighted by atomic mass is 9.92. The molecule has 3 saturated heterocycles. The van der Waals surface area contributed by atoms with Gasteiger partial charge in [0.25, 0.3) is 0 Å². The molecule has 1 amide bonds. The lowest BCUT2D eigenvalue weighted by Crippen LogP contribution is -2.66. The van der Waals surface area contributed by atoms with Gasteiger partial charge >= 0.3 is 0 Å². The van der Waals surface area contributed by atoms with E-state index >= 15 is 8.78 Å². The van der Waals surface area contributed by atoms with Crippen molar-refractivity contribution in [2.24, 2.45) is 17.8 Å². The van der Waals surface area contributed by atoms with Gasteiger partial charge in [-0.1, -0.05) is 25.7 Å². The number of nitrogens with one attached hydrogen (secondary N) is 2. The maximum Gasteiger partial charge on any atom is 0.227 e. The summed E-state index contributed by atoms with van der Waals surface area (Å²) < 4.78 is 41.4. The number of amides is 1. The Balaban J connectivity index is 1.02. The summed E-state index contributed by atoms with van der Waals surface area (Å²) in [6.07, 6.45) is 12.6. The number of carbonyl (C=O) groups is 1. The number of carbonyl (C=O) groups excluding carboxylic acids is 1. The van der Waals surface area contributed by atoms with Crippen molar-refractivity contribution in [1.29, 1.82) is 0 Å². The lowest BCUT2D eigenvalue weighted by Gasteiger charge is -2.50. The summed E-state index contributed by atoms with van der Waals surface area (Å²) in [4.78, 5) is 19.9. The van der Waals surface area contributed by atoms with E-state index in [1.54, 1.807) is 12.0 Å². The fourth-order valence-corrected chi connectivity index (χ4v) is 8.52. The maximum absolute atomic E-state index is 15.0. The molecule has 5 rings (SSSR count). The number of hydrogen-bond acceptors (Lipinski definition) is 10. The molecule has 2 unspecified atom stereocenters. The highest BCUT2D eigenvalue weighted by molar-refractivity contribution is 5.79. The minimum Gasteiger partial charge on any atom is -0.493 e. The third-order valence-electron chi connectivity index (χ3n) is 11.8. The van der Waals surface area contributed by atoms with Crippen molar-refractivity contribution in [1.82, 2.24) is 25.3 Å². The molecule has 3 atom stereocenters. The zero-order chi connectivity index (χ0) is 36.2. The number of aliphatic hydroxyl groups excluding tert-OH is 3. The number of piperidine rings is 1. The molecule has 1 aromatic rings. The van der Waals surface area contributed by atoms with Gasteiger partial charge in [-0.2, -0.15) is 0 Å². The Morgan fingerprint density at radius 2 is 1.59 bits per heavy atom. The molecule has 0 spiro atoms. The molecule has 3 heterocycles. The fourth-order valence-electron chi connectivity index (χ4n) is 8.52. The molecule has 11 nitrogen and oxygen atoms in total. The van der Waals surface area contributed by atoms with E-state index in [4.69, 9.17) is 9.47 Å². The minimum atomic E-state index is -1.19. The number of ether oxygens (including phenoxy) is 2. The van der Waals surface area contributed by atoms with Crippen molar-refractivity contribution in [3.05, 3.63) is 29.3 Å². The van der Waals surface area contributed by atoms with Crippen LogP contribution in [0.5, 0.6) is 5.75 Å². The van der Waals surface area contributed by atoms with E-state index in [2.05, 4.69) is 20.4 Å².